The Labute approximate surface area is 136 Å². The lowest BCUT2D eigenvalue weighted by atomic mass is 10.1. The molecule has 120 valence electrons. The zero-order chi connectivity index (χ0) is 16.3. The largest absolute Gasteiger partial charge is 0.497 e. The van der Waals surface area contributed by atoms with E-state index in [9.17, 15) is 4.79 Å². The monoisotopic (exact) mass is 311 g/mol. The molecule has 0 saturated carbocycles. The Hall–Kier alpha value is -2.46. The van der Waals surface area contributed by atoms with Crippen molar-refractivity contribution in [2.24, 2.45) is 4.99 Å². The molecule has 0 atom stereocenters. The van der Waals surface area contributed by atoms with Crippen LogP contribution in [0.5, 0.6) is 5.75 Å². The van der Waals surface area contributed by atoms with Crippen LogP contribution in [0.2, 0.25) is 0 Å². The van der Waals surface area contributed by atoms with Gasteiger partial charge in [-0.2, -0.15) is 0 Å². The third kappa shape index (κ3) is 6.04. The minimum absolute atomic E-state index is 0.00546. The molecule has 0 bridgehead atoms. The lowest BCUT2D eigenvalue weighted by Gasteiger charge is -2.02. The maximum Gasteiger partial charge on any atom is 0.184 e. The summed E-state index contributed by atoms with van der Waals surface area (Å²) in [5.74, 6) is 0.731. The van der Waals surface area contributed by atoms with E-state index in [0.29, 0.717) is 25.2 Å². The molecule has 0 aliphatic rings. The number of hydrogen-bond donors (Lipinski definition) is 0. The van der Waals surface area contributed by atoms with Gasteiger partial charge in [-0.3, -0.25) is 9.79 Å². The Bertz CT molecular complexity index is 621. The molecule has 0 aliphatic carbocycles. The summed E-state index contributed by atoms with van der Waals surface area (Å²) in [5, 5.41) is 0. The average Bonchev–Trinajstić information content (AvgIpc) is 2.61. The van der Waals surface area contributed by atoms with Gasteiger partial charge in [0.1, 0.15) is 12.3 Å². The van der Waals surface area contributed by atoms with Crippen LogP contribution in [0.15, 0.2) is 59.6 Å². The van der Waals surface area contributed by atoms with E-state index in [1.807, 2.05) is 30.3 Å². The second-order valence-electron chi connectivity index (χ2n) is 5.00. The Morgan fingerprint density at radius 1 is 1.09 bits per heavy atom. The second-order valence-corrected chi connectivity index (χ2v) is 5.00. The first kappa shape index (κ1) is 16.9. The molecule has 0 unspecified atom stereocenters. The van der Waals surface area contributed by atoms with Gasteiger partial charge in [0.2, 0.25) is 0 Å². The van der Waals surface area contributed by atoms with Crippen molar-refractivity contribution in [1.82, 2.24) is 0 Å². The third-order valence-corrected chi connectivity index (χ3v) is 3.28. The summed E-state index contributed by atoms with van der Waals surface area (Å²) in [6, 6.07) is 17.1. The van der Waals surface area contributed by atoms with Gasteiger partial charge in [0, 0.05) is 18.2 Å². The van der Waals surface area contributed by atoms with Crippen molar-refractivity contribution in [2.75, 3.05) is 20.3 Å². The smallest absolute Gasteiger partial charge is 0.184 e. The number of aliphatic imine (C=N–C) groups is 1. The van der Waals surface area contributed by atoms with Crippen LogP contribution in [0, 0.1) is 0 Å². The molecule has 4 heteroatoms. The van der Waals surface area contributed by atoms with Crippen LogP contribution < -0.4 is 4.74 Å². The number of methoxy groups -OCH3 is 1. The van der Waals surface area contributed by atoms with Gasteiger partial charge in [0.15, 0.2) is 5.78 Å². The molecule has 2 aromatic carbocycles. The minimum Gasteiger partial charge on any atom is -0.497 e. The molecule has 0 fully saturated rings. The van der Waals surface area contributed by atoms with E-state index in [4.69, 9.17) is 9.47 Å². The Morgan fingerprint density at radius 3 is 2.52 bits per heavy atom. The Balaban J connectivity index is 1.63. The van der Waals surface area contributed by atoms with Crippen molar-refractivity contribution in [3.63, 3.8) is 0 Å². The number of ketones is 1. The molecule has 0 aromatic heterocycles. The maximum absolute atomic E-state index is 11.9. The van der Waals surface area contributed by atoms with E-state index >= 15 is 0 Å². The standard InChI is InChI=1S/C19H21NO3/c1-22-18-10-8-17(9-11-18)19(21)14-20-12-5-13-23-15-16-6-3-2-4-7-16/h2-4,6-12H,5,13-15H2,1H3. The molecular formula is C19H21NO3. The number of benzene rings is 2. The van der Waals surface area contributed by atoms with Gasteiger partial charge in [0.25, 0.3) is 0 Å². The van der Waals surface area contributed by atoms with Crippen LogP contribution >= 0.6 is 0 Å². The van der Waals surface area contributed by atoms with Gasteiger partial charge in [-0.05, 0) is 29.8 Å². The number of ether oxygens (including phenoxy) is 2. The summed E-state index contributed by atoms with van der Waals surface area (Å²) in [4.78, 5) is 16.1. The number of Topliss-reactive ketones (excluding diaryl/α,β-unsaturated/α-hetero) is 1. The van der Waals surface area contributed by atoms with Gasteiger partial charge in [-0.1, -0.05) is 30.3 Å². The topological polar surface area (TPSA) is 47.9 Å². The van der Waals surface area contributed by atoms with Crippen LogP contribution in [-0.2, 0) is 11.3 Å². The molecule has 0 heterocycles. The molecule has 0 amide bonds. The van der Waals surface area contributed by atoms with Crippen molar-refractivity contribution >= 4 is 12.0 Å². The summed E-state index contributed by atoms with van der Waals surface area (Å²) < 4.78 is 10.6. The third-order valence-electron chi connectivity index (χ3n) is 3.28. The number of rotatable bonds is 9. The highest BCUT2D eigenvalue weighted by Gasteiger charge is 2.03. The number of nitrogens with zero attached hydrogens (tertiary/aromatic N) is 1. The first-order valence-corrected chi connectivity index (χ1v) is 7.57. The van der Waals surface area contributed by atoms with E-state index in [2.05, 4.69) is 4.99 Å². The molecule has 2 aromatic rings. The summed E-state index contributed by atoms with van der Waals surface area (Å²) in [5.41, 5.74) is 1.79. The molecule has 0 saturated heterocycles. The first-order valence-electron chi connectivity index (χ1n) is 7.57. The predicted molar refractivity (Wildman–Crippen MR) is 91.4 cm³/mol. The summed E-state index contributed by atoms with van der Waals surface area (Å²) in [7, 11) is 1.60. The molecule has 0 spiro atoms. The van der Waals surface area contributed by atoms with Crippen LogP contribution in [0.1, 0.15) is 22.3 Å². The van der Waals surface area contributed by atoms with Crippen LogP contribution in [0.4, 0.5) is 0 Å². The quantitative estimate of drug-likeness (QED) is 0.404. The van der Waals surface area contributed by atoms with Crippen molar-refractivity contribution in [3.05, 3.63) is 65.7 Å². The Morgan fingerprint density at radius 2 is 1.83 bits per heavy atom. The van der Waals surface area contributed by atoms with Gasteiger partial charge >= 0.3 is 0 Å². The maximum atomic E-state index is 11.9. The molecular weight excluding hydrogens is 290 g/mol. The van der Waals surface area contributed by atoms with E-state index in [1.165, 1.54) is 0 Å². The number of carbonyl (C=O) groups excluding carboxylic acids is 1. The van der Waals surface area contributed by atoms with Crippen LogP contribution in [0.3, 0.4) is 0 Å². The lowest BCUT2D eigenvalue weighted by Crippen LogP contribution is -2.04. The lowest BCUT2D eigenvalue weighted by molar-refractivity contribution is 0.100. The van der Waals surface area contributed by atoms with E-state index in [1.54, 1.807) is 37.6 Å². The predicted octanol–water partition coefficient (Wildman–Crippen LogP) is 3.56. The molecule has 2 rings (SSSR count). The fraction of sp³-hybridized carbons (Fsp3) is 0.263. The van der Waals surface area contributed by atoms with Gasteiger partial charge in [-0.25, -0.2) is 0 Å². The molecule has 0 N–H and O–H groups in total. The van der Waals surface area contributed by atoms with Gasteiger partial charge in [-0.15, -0.1) is 0 Å². The summed E-state index contributed by atoms with van der Waals surface area (Å²) in [6.45, 7) is 1.35. The minimum atomic E-state index is -0.00546. The summed E-state index contributed by atoms with van der Waals surface area (Å²) in [6.07, 6.45) is 2.44. The van der Waals surface area contributed by atoms with Crippen molar-refractivity contribution in [2.45, 2.75) is 13.0 Å². The highest BCUT2D eigenvalue weighted by Crippen LogP contribution is 2.11. The van der Waals surface area contributed by atoms with Gasteiger partial charge < -0.3 is 9.47 Å². The molecule has 4 nitrogen and oxygen atoms in total. The SMILES string of the molecule is COc1ccc(C(=O)CN=CCCOCc2ccccc2)cc1. The number of carbonyl (C=O) groups is 1. The van der Waals surface area contributed by atoms with Crippen molar-refractivity contribution in [1.29, 1.82) is 0 Å². The van der Waals surface area contributed by atoms with Gasteiger partial charge in [0.05, 0.1) is 20.3 Å². The van der Waals surface area contributed by atoms with E-state index < -0.39 is 0 Å². The normalized spacial score (nSPS) is 10.8. The fourth-order valence-corrected chi connectivity index (χ4v) is 2.01. The fourth-order valence-electron chi connectivity index (χ4n) is 2.01. The zero-order valence-electron chi connectivity index (χ0n) is 13.3. The molecule has 0 radical (unpaired) electrons. The highest BCUT2D eigenvalue weighted by atomic mass is 16.5. The van der Waals surface area contributed by atoms with E-state index in [0.717, 1.165) is 11.3 Å². The second kappa shape index (κ2) is 9.54. The molecule has 23 heavy (non-hydrogen) atoms. The van der Waals surface area contributed by atoms with Crippen LogP contribution in [0.25, 0.3) is 0 Å². The van der Waals surface area contributed by atoms with Crippen molar-refractivity contribution in [3.8, 4) is 5.75 Å². The molecule has 0 aliphatic heterocycles. The van der Waals surface area contributed by atoms with Crippen LogP contribution in [-0.4, -0.2) is 32.3 Å². The number of hydrogen-bond acceptors (Lipinski definition) is 4. The highest BCUT2D eigenvalue weighted by molar-refractivity contribution is 5.98. The first-order chi connectivity index (χ1) is 11.3. The Kier molecular flexibility index (Phi) is 7.01. The average molecular weight is 311 g/mol. The zero-order valence-corrected chi connectivity index (χ0v) is 13.3. The summed E-state index contributed by atoms with van der Waals surface area (Å²) >= 11 is 0. The van der Waals surface area contributed by atoms with E-state index in [-0.39, 0.29) is 12.3 Å². The van der Waals surface area contributed by atoms with Crippen molar-refractivity contribution < 1.29 is 14.3 Å².